The number of fused-ring (bicyclic) bond motifs is 1. The van der Waals surface area contributed by atoms with Gasteiger partial charge in [-0.25, -0.2) is 0 Å². The first-order valence-electron chi connectivity index (χ1n) is 7.03. The summed E-state index contributed by atoms with van der Waals surface area (Å²) in [6, 6.07) is 9.70. The summed E-state index contributed by atoms with van der Waals surface area (Å²) in [7, 11) is 2.21. The second-order valence-corrected chi connectivity index (χ2v) is 5.60. The molecule has 1 aliphatic rings. The van der Waals surface area contributed by atoms with E-state index in [1.165, 1.54) is 35.8 Å². The van der Waals surface area contributed by atoms with Crippen LogP contribution in [0.2, 0.25) is 0 Å². The van der Waals surface area contributed by atoms with Crippen LogP contribution in [0.5, 0.6) is 0 Å². The Hall–Kier alpha value is -1.61. The van der Waals surface area contributed by atoms with Crippen LogP contribution in [0.1, 0.15) is 19.8 Å². The molecule has 1 aromatic carbocycles. The van der Waals surface area contributed by atoms with Gasteiger partial charge in [0.1, 0.15) is 0 Å². The average Bonchev–Trinajstić information content (AvgIpc) is 2.43. The topological polar surface area (TPSA) is 28.2 Å². The molecule has 2 unspecified atom stereocenters. The summed E-state index contributed by atoms with van der Waals surface area (Å²) in [6.45, 7) is 3.47. The molecule has 100 valence electrons. The summed E-state index contributed by atoms with van der Waals surface area (Å²) < 4.78 is 0. The first-order valence-corrected chi connectivity index (χ1v) is 7.03. The zero-order valence-electron chi connectivity index (χ0n) is 11.6. The number of nitrogens with zero attached hydrogens (tertiary/aromatic N) is 2. The van der Waals surface area contributed by atoms with Crippen LogP contribution in [-0.2, 0) is 0 Å². The predicted molar refractivity (Wildman–Crippen MR) is 80.5 cm³/mol. The second-order valence-electron chi connectivity index (χ2n) is 5.60. The van der Waals surface area contributed by atoms with Gasteiger partial charge in [0.15, 0.2) is 0 Å². The van der Waals surface area contributed by atoms with Gasteiger partial charge in [0.05, 0.1) is 0 Å². The number of nitrogens with one attached hydrogen (secondary N) is 1. The number of rotatable bonds is 2. The molecule has 2 atom stereocenters. The number of aromatic nitrogens is 1. The normalized spacial score (nSPS) is 24.5. The van der Waals surface area contributed by atoms with Gasteiger partial charge in [0.2, 0.25) is 0 Å². The number of benzene rings is 1. The molecule has 1 aliphatic heterocycles. The minimum absolute atomic E-state index is 0.567. The summed E-state index contributed by atoms with van der Waals surface area (Å²) in [5.74, 6) is 0. The fraction of sp³-hybridized carbons (Fsp3) is 0.438. The zero-order valence-corrected chi connectivity index (χ0v) is 11.6. The van der Waals surface area contributed by atoms with Crippen molar-refractivity contribution in [2.75, 3.05) is 18.9 Å². The molecule has 0 amide bonds. The van der Waals surface area contributed by atoms with Crippen LogP contribution in [-0.4, -0.2) is 35.6 Å². The van der Waals surface area contributed by atoms with Crippen molar-refractivity contribution >= 4 is 16.5 Å². The Morgan fingerprint density at radius 2 is 2.21 bits per heavy atom. The Balaban J connectivity index is 1.82. The third-order valence-electron chi connectivity index (χ3n) is 4.25. The summed E-state index contributed by atoms with van der Waals surface area (Å²) in [5, 5.41) is 6.18. The number of hydrogen-bond acceptors (Lipinski definition) is 3. The molecule has 0 aliphatic carbocycles. The van der Waals surface area contributed by atoms with Gasteiger partial charge in [0, 0.05) is 42.1 Å². The van der Waals surface area contributed by atoms with E-state index >= 15 is 0 Å². The van der Waals surface area contributed by atoms with E-state index in [1.54, 1.807) is 0 Å². The van der Waals surface area contributed by atoms with E-state index in [1.807, 2.05) is 12.4 Å². The van der Waals surface area contributed by atoms with E-state index in [2.05, 4.69) is 53.4 Å². The number of pyridine rings is 1. The van der Waals surface area contributed by atoms with Crippen LogP contribution < -0.4 is 5.32 Å². The number of hydrogen-bond donors (Lipinski definition) is 1. The SMILES string of the molecule is CC1CC(Nc2cccc3ccncc23)CCN1C. The Morgan fingerprint density at radius 1 is 1.32 bits per heavy atom. The van der Waals surface area contributed by atoms with Crippen LogP contribution in [0.4, 0.5) is 5.69 Å². The molecular weight excluding hydrogens is 234 g/mol. The van der Waals surface area contributed by atoms with Crippen molar-refractivity contribution in [3.63, 3.8) is 0 Å². The molecule has 3 nitrogen and oxygen atoms in total. The largest absolute Gasteiger partial charge is 0.382 e. The maximum atomic E-state index is 4.25. The van der Waals surface area contributed by atoms with Crippen LogP contribution in [0.25, 0.3) is 10.8 Å². The van der Waals surface area contributed by atoms with Crippen molar-refractivity contribution in [1.82, 2.24) is 9.88 Å². The highest BCUT2D eigenvalue weighted by atomic mass is 15.1. The highest BCUT2D eigenvalue weighted by Gasteiger charge is 2.22. The van der Waals surface area contributed by atoms with E-state index in [-0.39, 0.29) is 0 Å². The van der Waals surface area contributed by atoms with Gasteiger partial charge in [0.25, 0.3) is 0 Å². The Bertz CT molecular complexity index is 561. The fourth-order valence-electron chi connectivity index (χ4n) is 2.88. The van der Waals surface area contributed by atoms with Crippen molar-refractivity contribution in [3.8, 4) is 0 Å². The van der Waals surface area contributed by atoms with Crippen molar-refractivity contribution in [2.45, 2.75) is 31.8 Å². The monoisotopic (exact) mass is 255 g/mol. The van der Waals surface area contributed by atoms with Crippen molar-refractivity contribution in [2.24, 2.45) is 0 Å². The molecule has 1 saturated heterocycles. The maximum Gasteiger partial charge on any atom is 0.0437 e. The molecule has 0 bridgehead atoms. The van der Waals surface area contributed by atoms with Gasteiger partial charge < -0.3 is 10.2 Å². The van der Waals surface area contributed by atoms with Crippen molar-refractivity contribution < 1.29 is 0 Å². The third-order valence-corrected chi connectivity index (χ3v) is 4.25. The van der Waals surface area contributed by atoms with E-state index in [9.17, 15) is 0 Å². The van der Waals surface area contributed by atoms with Crippen LogP contribution in [0.3, 0.4) is 0 Å². The molecule has 0 radical (unpaired) electrons. The molecule has 1 aromatic heterocycles. The second kappa shape index (κ2) is 5.17. The fourth-order valence-corrected chi connectivity index (χ4v) is 2.88. The van der Waals surface area contributed by atoms with Crippen LogP contribution >= 0.6 is 0 Å². The molecule has 0 saturated carbocycles. The summed E-state index contributed by atoms with van der Waals surface area (Å²) in [4.78, 5) is 6.68. The Kier molecular flexibility index (Phi) is 3.38. The standard InChI is InChI=1S/C16H21N3/c1-12-10-14(7-9-19(12)2)18-16-5-3-4-13-6-8-17-11-15(13)16/h3-6,8,11-12,14,18H,7,9-10H2,1-2H3. The summed E-state index contributed by atoms with van der Waals surface area (Å²) >= 11 is 0. The van der Waals surface area contributed by atoms with E-state index in [4.69, 9.17) is 0 Å². The van der Waals surface area contributed by atoms with Gasteiger partial charge in [-0.1, -0.05) is 12.1 Å². The van der Waals surface area contributed by atoms with Gasteiger partial charge in [-0.05, 0) is 44.3 Å². The van der Waals surface area contributed by atoms with E-state index < -0.39 is 0 Å². The number of likely N-dealkylation sites (tertiary alicyclic amines) is 1. The highest BCUT2D eigenvalue weighted by Crippen LogP contribution is 2.25. The lowest BCUT2D eigenvalue weighted by Gasteiger charge is -2.36. The first kappa shape index (κ1) is 12.4. The van der Waals surface area contributed by atoms with Crippen LogP contribution in [0, 0.1) is 0 Å². The first-order chi connectivity index (χ1) is 9.24. The lowest BCUT2D eigenvalue weighted by Crippen LogP contribution is -2.42. The van der Waals surface area contributed by atoms with Gasteiger partial charge in [-0.2, -0.15) is 0 Å². The van der Waals surface area contributed by atoms with Crippen molar-refractivity contribution in [3.05, 3.63) is 36.7 Å². The summed E-state index contributed by atoms with van der Waals surface area (Å²) in [6.07, 6.45) is 6.21. The molecule has 0 spiro atoms. The Labute approximate surface area is 114 Å². The molecular formula is C16H21N3. The van der Waals surface area contributed by atoms with Crippen molar-refractivity contribution in [1.29, 1.82) is 0 Å². The molecule has 19 heavy (non-hydrogen) atoms. The minimum atomic E-state index is 0.567. The van der Waals surface area contributed by atoms with Gasteiger partial charge in [-0.15, -0.1) is 0 Å². The molecule has 1 N–H and O–H groups in total. The van der Waals surface area contributed by atoms with E-state index in [0.717, 1.165) is 0 Å². The smallest absolute Gasteiger partial charge is 0.0437 e. The molecule has 3 heteroatoms. The molecule has 2 heterocycles. The highest BCUT2D eigenvalue weighted by molar-refractivity contribution is 5.93. The van der Waals surface area contributed by atoms with Crippen LogP contribution in [0.15, 0.2) is 36.7 Å². The lowest BCUT2D eigenvalue weighted by atomic mass is 9.98. The Morgan fingerprint density at radius 3 is 3.05 bits per heavy atom. The minimum Gasteiger partial charge on any atom is -0.382 e. The molecule has 1 fully saturated rings. The zero-order chi connectivity index (χ0) is 13.2. The number of anilines is 1. The average molecular weight is 255 g/mol. The van der Waals surface area contributed by atoms with E-state index in [0.29, 0.717) is 12.1 Å². The quantitative estimate of drug-likeness (QED) is 0.893. The lowest BCUT2D eigenvalue weighted by molar-refractivity contribution is 0.190. The predicted octanol–water partition coefficient (Wildman–Crippen LogP) is 3.13. The molecule has 2 aromatic rings. The van der Waals surface area contributed by atoms with Gasteiger partial charge in [-0.3, -0.25) is 4.98 Å². The molecule has 3 rings (SSSR count). The summed E-state index contributed by atoms with van der Waals surface area (Å²) in [5.41, 5.74) is 1.22. The third kappa shape index (κ3) is 2.56. The van der Waals surface area contributed by atoms with Gasteiger partial charge >= 0.3 is 0 Å². The number of piperidine rings is 1. The maximum absolute atomic E-state index is 4.25.